The number of fused-ring (bicyclic) bond motifs is 8. The Morgan fingerprint density at radius 2 is 0.875 bits per heavy atom. The number of nitrogens with two attached hydrogens (primary N) is 1. The minimum atomic E-state index is 0.849. The Balaban J connectivity index is 0.000000230. The first-order valence-electron chi connectivity index (χ1n) is 10.3. The summed E-state index contributed by atoms with van der Waals surface area (Å²) in [5.41, 5.74) is 14.2. The number of anilines is 1. The standard InChI is InChI=1S/C20H14N4.C6H6N.Zn/c1-2-14-10-16-5-6-18(23-16)12-20-8-7-19(24-20)11-17-4-3-15(22-17)9-13(1)21-14;7-6-4-2-1-3-5-6;/h1-12,21,24H;2-5H,7H2;. The van der Waals surface area contributed by atoms with Crippen LogP contribution >= 0.6 is 0 Å². The monoisotopic (exact) mass is 466 g/mol. The van der Waals surface area contributed by atoms with Gasteiger partial charge in [0.2, 0.25) is 0 Å². The molecule has 3 aromatic heterocycles. The Hall–Kier alpha value is -3.76. The molecular weight excluding hydrogens is 448 g/mol. The van der Waals surface area contributed by atoms with Crippen LogP contribution < -0.4 is 9.89 Å². The third kappa shape index (κ3) is 4.93. The first-order valence-corrected chi connectivity index (χ1v) is 11.8. The van der Waals surface area contributed by atoms with Crippen LogP contribution in [0.3, 0.4) is 0 Å². The number of aromatic amines is 2. The molecule has 0 fully saturated rings. The Morgan fingerprint density at radius 1 is 0.531 bits per heavy atom. The second-order valence-electron chi connectivity index (χ2n) is 7.65. The van der Waals surface area contributed by atoms with Crippen LogP contribution in [0.25, 0.3) is 46.4 Å². The molecule has 0 saturated carbocycles. The molecule has 6 rings (SSSR count). The van der Waals surface area contributed by atoms with E-state index in [9.17, 15) is 0 Å². The van der Waals surface area contributed by atoms with Crippen LogP contribution in [-0.2, 0) is 18.3 Å². The number of nitrogen functional groups attached to an aromatic ring is 1. The van der Waals surface area contributed by atoms with Crippen molar-refractivity contribution in [2.45, 2.75) is 0 Å². The quantitative estimate of drug-likeness (QED) is 0.215. The van der Waals surface area contributed by atoms with Crippen molar-refractivity contribution in [3.8, 4) is 0 Å². The van der Waals surface area contributed by atoms with E-state index in [-0.39, 0.29) is 0 Å². The van der Waals surface area contributed by atoms with Crippen molar-refractivity contribution in [2.24, 2.45) is 0 Å². The molecule has 2 aliphatic heterocycles. The summed E-state index contributed by atoms with van der Waals surface area (Å²) in [5.74, 6) is 0. The molecule has 8 bridgehead atoms. The fourth-order valence-corrected chi connectivity index (χ4v) is 3.96. The van der Waals surface area contributed by atoms with E-state index in [2.05, 4.69) is 56.3 Å². The van der Waals surface area contributed by atoms with E-state index in [0.717, 1.165) is 50.5 Å². The van der Waals surface area contributed by atoms with Gasteiger partial charge in [-0.05, 0) is 72.8 Å². The first kappa shape index (κ1) is 20.2. The summed E-state index contributed by atoms with van der Waals surface area (Å²) in [6.07, 6.45) is 8.09. The van der Waals surface area contributed by atoms with E-state index in [4.69, 9.17) is 5.73 Å². The van der Waals surface area contributed by atoms with Gasteiger partial charge in [0.25, 0.3) is 0 Å². The molecule has 4 N–H and O–H groups in total. The predicted molar refractivity (Wildman–Crippen MR) is 129 cm³/mol. The van der Waals surface area contributed by atoms with Gasteiger partial charge in [0.1, 0.15) is 0 Å². The van der Waals surface area contributed by atoms with Gasteiger partial charge < -0.3 is 9.97 Å². The summed E-state index contributed by atoms with van der Waals surface area (Å²) in [6.45, 7) is 0. The molecule has 0 atom stereocenters. The van der Waals surface area contributed by atoms with Gasteiger partial charge in [-0.1, -0.05) is 0 Å². The van der Waals surface area contributed by atoms with Crippen molar-refractivity contribution < 1.29 is 18.3 Å². The van der Waals surface area contributed by atoms with Crippen LogP contribution in [-0.4, -0.2) is 19.9 Å². The van der Waals surface area contributed by atoms with Crippen LogP contribution in [0.4, 0.5) is 5.69 Å². The van der Waals surface area contributed by atoms with Crippen LogP contribution in [0.15, 0.2) is 72.8 Å². The molecule has 151 valence electrons. The number of nitrogens with zero attached hydrogens (tertiary/aromatic N) is 2. The summed E-state index contributed by atoms with van der Waals surface area (Å²) < 4.78 is 1.37. The van der Waals surface area contributed by atoms with Crippen molar-refractivity contribution >= 4 is 56.2 Å². The number of nitrogens with one attached hydrogen (secondary N) is 2. The summed E-state index contributed by atoms with van der Waals surface area (Å²) in [6, 6.07) is 24.3. The number of aromatic nitrogens is 4. The number of hydrogen-bond acceptors (Lipinski definition) is 3. The van der Waals surface area contributed by atoms with Crippen molar-refractivity contribution in [1.82, 2.24) is 19.9 Å². The molecule has 6 heteroatoms. The van der Waals surface area contributed by atoms with E-state index in [1.54, 1.807) is 0 Å². The molecule has 32 heavy (non-hydrogen) atoms. The van der Waals surface area contributed by atoms with Gasteiger partial charge in [-0.25, -0.2) is 9.97 Å². The van der Waals surface area contributed by atoms with E-state index in [1.165, 1.54) is 22.5 Å². The second kappa shape index (κ2) is 8.77. The summed E-state index contributed by atoms with van der Waals surface area (Å²) in [4.78, 5) is 16.0. The SMILES string of the molecule is C1=Cc2cc3ccc(cc4nc(cc5ccc(cc1n2)[nH]5)C=C4)[nH]3.Nc1cc[c]([Zn])cc1. The van der Waals surface area contributed by atoms with E-state index < -0.39 is 0 Å². The van der Waals surface area contributed by atoms with Crippen LogP contribution in [0, 0.1) is 0 Å². The van der Waals surface area contributed by atoms with Crippen molar-refractivity contribution in [3.63, 3.8) is 0 Å². The molecule has 0 amide bonds. The molecule has 5 heterocycles. The van der Waals surface area contributed by atoms with Gasteiger partial charge in [0.15, 0.2) is 0 Å². The zero-order chi connectivity index (χ0) is 21.9. The average molecular weight is 468 g/mol. The van der Waals surface area contributed by atoms with Gasteiger partial charge in [-0.2, -0.15) is 0 Å². The number of benzene rings is 1. The number of H-pyrrole nitrogens is 2. The van der Waals surface area contributed by atoms with Crippen molar-refractivity contribution in [1.29, 1.82) is 0 Å². The van der Waals surface area contributed by atoms with Gasteiger partial charge in [0, 0.05) is 22.1 Å². The molecule has 0 unspecified atom stereocenters. The molecule has 0 aliphatic carbocycles. The topological polar surface area (TPSA) is 83.4 Å². The predicted octanol–water partition coefficient (Wildman–Crippen LogP) is 5.10. The number of hydrogen-bond donors (Lipinski definition) is 3. The van der Waals surface area contributed by atoms with Gasteiger partial charge in [-0.15, -0.1) is 0 Å². The molecular formula is C26H20N5Zn. The molecule has 0 saturated heterocycles. The van der Waals surface area contributed by atoms with Crippen molar-refractivity contribution in [2.75, 3.05) is 5.73 Å². The molecule has 0 spiro atoms. The van der Waals surface area contributed by atoms with E-state index >= 15 is 0 Å². The van der Waals surface area contributed by atoms with E-state index in [0.29, 0.717) is 0 Å². The summed E-state index contributed by atoms with van der Waals surface area (Å²) in [7, 11) is 0. The maximum absolute atomic E-state index is 5.44. The van der Waals surface area contributed by atoms with Crippen LogP contribution in [0.2, 0.25) is 0 Å². The normalized spacial score (nSPS) is 11.8. The van der Waals surface area contributed by atoms with Crippen LogP contribution in [0.5, 0.6) is 0 Å². The Morgan fingerprint density at radius 3 is 1.19 bits per heavy atom. The fourth-order valence-electron chi connectivity index (χ4n) is 3.46. The first-order chi connectivity index (χ1) is 15.6. The van der Waals surface area contributed by atoms with Crippen molar-refractivity contribution in [3.05, 3.63) is 95.6 Å². The zero-order valence-electron chi connectivity index (χ0n) is 17.4. The van der Waals surface area contributed by atoms with Gasteiger partial charge in [-0.3, -0.25) is 0 Å². The summed E-state index contributed by atoms with van der Waals surface area (Å²) in [5, 5.41) is 0. The Bertz CT molecular complexity index is 1290. The average Bonchev–Trinajstić information content (AvgIpc) is 3.57. The minimum absolute atomic E-state index is 0.849. The Kier molecular flexibility index (Phi) is 5.53. The summed E-state index contributed by atoms with van der Waals surface area (Å²) >= 11 is 1.21. The molecule has 4 aromatic rings. The molecule has 1 aromatic carbocycles. The zero-order valence-corrected chi connectivity index (χ0v) is 20.4. The number of rotatable bonds is 0. The fraction of sp³-hybridized carbons (Fsp3) is 0. The second-order valence-corrected chi connectivity index (χ2v) is 9.36. The van der Waals surface area contributed by atoms with Gasteiger partial charge in [0.05, 0.1) is 22.8 Å². The third-order valence-corrected chi connectivity index (χ3v) is 6.01. The third-order valence-electron chi connectivity index (χ3n) is 5.02. The molecule has 5 nitrogen and oxygen atoms in total. The Labute approximate surface area is 195 Å². The van der Waals surface area contributed by atoms with E-state index in [1.807, 2.05) is 60.7 Å². The van der Waals surface area contributed by atoms with Crippen LogP contribution in [0.1, 0.15) is 22.8 Å². The molecule has 2 aliphatic rings. The van der Waals surface area contributed by atoms with Gasteiger partial charge >= 0.3 is 58.1 Å². The molecule has 0 radical (unpaired) electrons. The maximum atomic E-state index is 5.44.